The first-order chi connectivity index (χ1) is 16.2. The Labute approximate surface area is 220 Å². The summed E-state index contributed by atoms with van der Waals surface area (Å²) in [7, 11) is 1.81. The molecule has 2 aromatic carbocycles. The maximum Gasteiger partial charge on any atom is 0.191 e. The van der Waals surface area contributed by atoms with Gasteiger partial charge in [-0.3, -0.25) is 4.99 Å². The molecule has 0 bridgehead atoms. The lowest BCUT2D eigenvalue weighted by molar-refractivity contribution is -0.0265. The maximum absolute atomic E-state index is 6.17. The summed E-state index contributed by atoms with van der Waals surface area (Å²) < 4.78 is 8.37. The van der Waals surface area contributed by atoms with Crippen molar-refractivity contribution in [3.63, 3.8) is 0 Å². The average molecular weight is 574 g/mol. The van der Waals surface area contributed by atoms with Gasteiger partial charge in [0, 0.05) is 45.1 Å². The zero-order valence-electron chi connectivity index (χ0n) is 20.1. The van der Waals surface area contributed by atoms with Crippen molar-refractivity contribution in [2.24, 2.45) is 10.9 Å². The van der Waals surface area contributed by atoms with Crippen LogP contribution in [0.15, 0.2) is 72.0 Å². The van der Waals surface area contributed by atoms with Crippen molar-refractivity contribution in [3.8, 4) is 0 Å². The monoisotopic (exact) mass is 573 g/mol. The highest BCUT2D eigenvalue weighted by molar-refractivity contribution is 14.0. The van der Waals surface area contributed by atoms with E-state index in [1.54, 1.807) is 0 Å². The van der Waals surface area contributed by atoms with Crippen LogP contribution in [0, 0.1) is 12.8 Å². The Morgan fingerprint density at radius 2 is 1.91 bits per heavy atom. The molecule has 2 atom stereocenters. The van der Waals surface area contributed by atoms with E-state index in [1.165, 1.54) is 16.7 Å². The molecule has 1 aromatic heterocycles. The van der Waals surface area contributed by atoms with Gasteiger partial charge in [-0.05, 0) is 37.3 Å². The van der Waals surface area contributed by atoms with Crippen LogP contribution < -0.4 is 10.6 Å². The molecule has 34 heavy (non-hydrogen) atoms. The van der Waals surface area contributed by atoms with E-state index < -0.39 is 0 Å². The average Bonchev–Trinajstić information content (AvgIpc) is 3.32. The van der Waals surface area contributed by atoms with Crippen molar-refractivity contribution in [1.82, 2.24) is 20.2 Å². The van der Waals surface area contributed by atoms with Gasteiger partial charge in [-0.1, -0.05) is 60.2 Å². The van der Waals surface area contributed by atoms with E-state index in [1.807, 2.05) is 19.4 Å². The fourth-order valence-corrected chi connectivity index (χ4v) is 4.39. The fraction of sp³-hybridized carbons (Fsp3) is 0.407. The smallest absolute Gasteiger partial charge is 0.191 e. The number of nitrogens with zero attached hydrogens (tertiary/aromatic N) is 3. The SMILES string of the molecule is CN=C(NCc1nccn1CCc1ccccc1)NCC1CCCOC1c1ccc(C)cc1.I. The highest BCUT2D eigenvalue weighted by Crippen LogP contribution is 2.33. The van der Waals surface area contributed by atoms with Gasteiger partial charge in [-0.15, -0.1) is 24.0 Å². The predicted molar refractivity (Wildman–Crippen MR) is 149 cm³/mol. The molecule has 1 aliphatic heterocycles. The van der Waals surface area contributed by atoms with E-state index in [-0.39, 0.29) is 30.1 Å². The predicted octanol–water partition coefficient (Wildman–Crippen LogP) is 4.89. The number of rotatable bonds is 8. The standard InChI is InChI=1S/C27H35N5O.HI/c1-21-10-12-23(13-11-21)26-24(9-6-18-33-26)19-30-27(28-2)31-20-25-29-15-17-32(25)16-14-22-7-4-3-5-8-22;/h3-5,7-8,10-13,15,17,24,26H,6,9,14,16,18-20H2,1-2H3,(H2,28,30,31);1H. The van der Waals surface area contributed by atoms with Crippen LogP contribution in [0.1, 0.15) is 41.5 Å². The first-order valence-electron chi connectivity index (χ1n) is 11.9. The minimum Gasteiger partial charge on any atom is -0.373 e. The van der Waals surface area contributed by atoms with Gasteiger partial charge < -0.3 is 19.9 Å². The van der Waals surface area contributed by atoms with Gasteiger partial charge in [0.2, 0.25) is 0 Å². The summed E-state index contributed by atoms with van der Waals surface area (Å²) >= 11 is 0. The number of guanidine groups is 1. The Morgan fingerprint density at radius 3 is 2.68 bits per heavy atom. The summed E-state index contributed by atoms with van der Waals surface area (Å²) in [6.45, 7) is 5.30. The number of hydrogen-bond donors (Lipinski definition) is 2. The summed E-state index contributed by atoms with van der Waals surface area (Å²) in [6.07, 6.45) is 7.26. The molecule has 1 saturated heterocycles. The highest BCUT2D eigenvalue weighted by atomic mass is 127. The molecule has 1 aliphatic rings. The first-order valence-corrected chi connectivity index (χ1v) is 11.9. The summed E-state index contributed by atoms with van der Waals surface area (Å²) in [5.41, 5.74) is 3.87. The van der Waals surface area contributed by atoms with Crippen LogP contribution >= 0.6 is 24.0 Å². The molecule has 7 heteroatoms. The van der Waals surface area contributed by atoms with Gasteiger partial charge in [-0.25, -0.2) is 4.98 Å². The summed E-state index contributed by atoms with van der Waals surface area (Å²) in [5.74, 6) is 2.21. The van der Waals surface area contributed by atoms with Crippen molar-refractivity contribution < 1.29 is 4.74 Å². The van der Waals surface area contributed by atoms with Crippen LogP contribution in [0.5, 0.6) is 0 Å². The number of aliphatic imine (C=N–C) groups is 1. The first kappa shape index (κ1) is 26.2. The largest absolute Gasteiger partial charge is 0.373 e. The molecule has 2 unspecified atom stereocenters. The highest BCUT2D eigenvalue weighted by Gasteiger charge is 2.27. The number of ether oxygens (including phenoxy) is 1. The number of imidazole rings is 1. The van der Waals surface area contributed by atoms with Gasteiger partial charge in [0.15, 0.2) is 5.96 Å². The molecule has 182 valence electrons. The Balaban J connectivity index is 0.00000324. The van der Waals surface area contributed by atoms with E-state index in [0.29, 0.717) is 12.5 Å². The van der Waals surface area contributed by atoms with Crippen LogP contribution in [0.2, 0.25) is 0 Å². The second kappa shape index (κ2) is 13.5. The third-order valence-corrected chi connectivity index (χ3v) is 6.31. The van der Waals surface area contributed by atoms with Crippen molar-refractivity contribution in [1.29, 1.82) is 0 Å². The third-order valence-electron chi connectivity index (χ3n) is 6.31. The lowest BCUT2D eigenvalue weighted by Crippen LogP contribution is -2.42. The lowest BCUT2D eigenvalue weighted by Gasteiger charge is -2.32. The molecule has 1 fully saturated rings. The van der Waals surface area contributed by atoms with Crippen LogP contribution in [0.3, 0.4) is 0 Å². The van der Waals surface area contributed by atoms with Crippen molar-refractivity contribution in [3.05, 3.63) is 89.5 Å². The molecular formula is C27H36IN5O. The fourth-order valence-electron chi connectivity index (χ4n) is 4.39. The van der Waals surface area contributed by atoms with Crippen molar-refractivity contribution >= 4 is 29.9 Å². The van der Waals surface area contributed by atoms with Crippen LogP contribution in [0.4, 0.5) is 0 Å². The van der Waals surface area contributed by atoms with Crippen molar-refractivity contribution in [2.75, 3.05) is 20.2 Å². The van der Waals surface area contributed by atoms with Gasteiger partial charge in [-0.2, -0.15) is 0 Å². The van der Waals surface area contributed by atoms with Gasteiger partial charge in [0.25, 0.3) is 0 Å². The molecule has 3 aromatic rings. The number of aromatic nitrogens is 2. The quantitative estimate of drug-likeness (QED) is 0.229. The van der Waals surface area contributed by atoms with E-state index in [0.717, 1.165) is 50.7 Å². The molecule has 2 N–H and O–H groups in total. The molecule has 2 heterocycles. The normalized spacial score (nSPS) is 18.2. The van der Waals surface area contributed by atoms with Crippen LogP contribution in [0.25, 0.3) is 0 Å². The number of benzene rings is 2. The number of aryl methyl sites for hydroxylation is 3. The Kier molecular flexibility index (Phi) is 10.4. The van der Waals surface area contributed by atoms with E-state index >= 15 is 0 Å². The number of hydrogen-bond acceptors (Lipinski definition) is 3. The van der Waals surface area contributed by atoms with E-state index in [9.17, 15) is 0 Å². The molecule has 4 rings (SSSR count). The molecule has 0 aliphatic carbocycles. The van der Waals surface area contributed by atoms with Gasteiger partial charge >= 0.3 is 0 Å². The number of halogens is 1. The molecule has 0 spiro atoms. The van der Waals surface area contributed by atoms with Crippen LogP contribution in [-0.2, 0) is 24.2 Å². The van der Waals surface area contributed by atoms with Gasteiger partial charge in [0.05, 0.1) is 12.6 Å². The van der Waals surface area contributed by atoms with E-state index in [2.05, 4.69) is 86.7 Å². The molecule has 0 saturated carbocycles. The summed E-state index contributed by atoms with van der Waals surface area (Å²) in [4.78, 5) is 8.96. The van der Waals surface area contributed by atoms with Gasteiger partial charge in [0.1, 0.15) is 5.82 Å². The molecule has 0 amide bonds. The summed E-state index contributed by atoms with van der Waals surface area (Å²) in [6, 6.07) is 19.3. The second-order valence-electron chi connectivity index (χ2n) is 8.68. The van der Waals surface area contributed by atoms with E-state index in [4.69, 9.17) is 4.74 Å². The zero-order chi connectivity index (χ0) is 22.9. The summed E-state index contributed by atoms with van der Waals surface area (Å²) in [5, 5.41) is 6.94. The topological polar surface area (TPSA) is 63.5 Å². The maximum atomic E-state index is 6.17. The minimum absolute atomic E-state index is 0. The van der Waals surface area contributed by atoms with Crippen molar-refractivity contribution in [2.45, 2.75) is 45.4 Å². The third kappa shape index (κ3) is 7.30. The molecule has 0 radical (unpaired) electrons. The molecule has 6 nitrogen and oxygen atoms in total. The number of nitrogens with one attached hydrogen (secondary N) is 2. The minimum atomic E-state index is 0. The Bertz CT molecular complexity index is 1020. The lowest BCUT2D eigenvalue weighted by atomic mass is 9.89. The Hall–Kier alpha value is -2.39. The zero-order valence-corrected chi connectivity index (χ0v) is 22.4. The Morgan fingerprint density at radius 1 is 1.12 bits per heavy atom. The van der Waals surface area contributed by atoms with Crippen LogP contribution in [-0.4, -0.2) is 35.7 Å². The second-order valence-corrected chi connectivity index (χ2v) is 8.68. The molecular weight excluding hydrogens is 537 g/mol.